The van der Waals surface area contributed by atoms with Crippen molar-refractivity contribution in [2.24, 2.45) is 11.8 Å². The summed E-state index contributed by atoms with van der Waals surface area (Å²) in [6.45, 7) is 1.86. The van der Waals surface area contributed by atoms with Crippen molar-refractivity contribution >= 4 is 16.7 Å². The van der Waals surface area contributed by atoms with Crippen LogP contribution >= 0.6 is 0 Å². The van der Waals surface area contributed by atoms with Crippen LogP contribution in [0.4, 0.5) is 26.3 Å². The van der Waals surface area contributed by atoms with E-state index in [1.54, 1.807) is 12.1 Å². The van der Waals surface area contributed by atoms with Crippen molar-refractivity contribution in [3.05, 3.63) is 41.5 Å². The number of hydrogen-bond acceptors (Lipinski definition) is 3. The summed E-state index contributed by atoms with van der Waals surface area (Å²) in [5.74, 6) is -2.96. The molecule has 0 bridgehead atoms. The van der Waals surface area contributed by atoms with E-state index in [0.717, 1.165) is 0 Å². The van der Waals surface area contributed by atoms with Crippen molar-refractivity contribution in [3.63, 3.8) is 0 Å². The van der Waals surface area contributed by atoms with Gasteiger partial charge in [-0.25, -0.2) is 0 Å². The summed E-state index contributed by atoms with van der Waals surface area (Å²) in [6, 6.07) is 7.48. The van der Waals surface area contributed by atoms with Crippen LogP contribution in [0.25, 0.3) is 10.8 Å². The summed E-state index contributed by atoms with van der Waals surface area (Å²) in [5, 5.41) is 13.0. The molecule has 204 valence electrons. The van der Waals surface area contributed by atoms with Gasteiger partial charge in [-0.05, 0) is 86.8 Å². The van der Waals surface area contributed by atoms with Gasteiger partial charge in [0.1, 0.15) is 11.3 Å². The fraction of sp³-hybridized carbons (Fsp3) is 0.593. The number of benzene rings is 2. The van der Waals surface area contributed by atoms with Crippen LogP contribution in [-0.2, 0) is 11.0 Å². The number of alkyl halides is 6. The Hall–Kier alpha value is -2.49. The Morgan fingerprint density at radius 1 is 0.946 bits per heavy atom. The monoisotopic (exact) mass is 531 g/mol. The molecule has 0 spiro atoms. The van der Waals surface area contributed by atoms with Gasteiger partial charge in [-0.2, -0.15) is 26.3 Å². The van der Waals surface area contributed by atoms with Gasteiger partial charge in [0.25, 0.3) is 0 Å². The summed E-state index contributed by atoms with van der Waals surface area (Å²) in [7, 11) is 0. The molecule has 2 aromatic carbocycles. The number of carboxylic acids is 1. The number of rotatable bonds is 6. The van der Waals surface area contributed by atoms with Crippen LogP contribution < -0.4 is 10.1 Å². The Bertz CT molecular complexity index is 1100. The SMILES string of the molecule is CC(NC1CCC(C(=O)O)CC1)c1ccc2ccc(OC3CCC(C(F)(F)F)CC3)c(C(F)(F)F)c2c1. The molecular formula is C27H31F6NO3. The molecule has 1 atom stereocenters. The lowest BCUT2D eigenvalue weighted by atomic mass is 9.85. The van der Waals surface area contributed by atoms with Crippen LogP contribution in [-0.4, -0.2) is 29.4 Å². The second-order valence-electron chi connectivity index (χ2n) is 10.3. The fourth-order valence-electron chi connectivity index (χ4n) is 5.62. The minimum atomic E-state index is -4.72. The van der Waals surface area contributed by atoms with Crippen LogP contribution in [0.1, 0.15) is 75.5 Å². The van der Waals surface area contributed by atoms with E-state index in [-0.39, 0.29) is 54.8 Å². The molecule has 0 amide bonds. The second kappa shape index (κ2) is 10.7. The van der Waals surface area contributed by atoms with Gasteiger partial charge in [-0.15, -0.1) is 0 Å². The lowest BCUT2D eigenvalue weighted by Gasteiger charge is -2.31. The van der Waals surface area contributed by atoms with Gasteiger partial charge in [0.15, 0.2) is 0 Å². The summed E-state index contributed by atoms with van der Waals surface area (Å²) in [4.78, 5) is 11.2. The smallest absolute Gasteiger partial charge is 0.420 e. The van der Waals surface area contributed by atoms with Crippen molar-refractivity contribution in [1.29, 1.82) is 0 Å². The lowest BCUT2D eigenvalue weighted by molar-refractivity contribution is -0.185. The first-order valence-electron chi connectivity index (χ1n) is 12.7. The highest BCUT2D eigenvalue weighted by molar-refractivity contribution is 5.89. The van der Waals surface area contributed by atoms with Gasteiger partial charge < -0.3 is 15.2 Å². The predicted octanol–water partition coefficient (Wildman–Crippen LogP) is 7.65. The highest BCUT2D eigenvalue weighted by atomic mass is 19.4. The Labute approximate surface area is 211 Å². The number of hydrogen-bond donors (Lipinski definition) is 2. The third-order valence-corrected chi connectivity index (χ3v) is 7.78. The van der Waals surface area contributed by atoms with Crippen molar-refractivity contribution in [1.82, 2.24) is 5.32 Å². The topological polar surface area (TPSA) is 58.6 Å². The van der Waals surface area contributed by atoms with E-state index >= 15 is 0 Å². The van der Waals surface area contributed by atoms with E-state index in [0.29, 0.717) is 36.6 Å². The van der Waals surface area contributed by atoms with E-state index < -0.39 is 35.9 Å². The molecule has 2 aromatic rings. The number of ether oxygens (including phenoxy) is 1. The van der Waals surface area contributed by atoms with Crippen LogP contribution in [0.5, 0.6) is 5.75 Å². The molecule has 4 rings (SSSR count). The summed E-state index contributed by atoms with van der Waals surface area (Å²) < 4.78 is 87.4. The molecular weight excluding hydrogens is 500 g/mol. The molecule has 10 heteroatoms. The van der Waals surface area contributed by atoms with Gasteiger partial charge in [0.2, 0.25) is 0 Å². The molecule has 4 nitrogen and oxygen atoms in total. The number of nitrogens with one attached hydrogen (secondary N) is 1. The fourth-order valence-corrected chi connectivity index (χ4v) is 5.62. The van der Waals surface area contributed by atoms with Crippen LogP contribution in [0.3, 0.4) is 0 Å². The number of carbonyl (C=O) groups is 1. The molecule has 2 N–H and O–H groups in total. The first kappa shape index (κ1) is 27.5. The third-order valence-electron chi connectivity index (χ3n) is 7.78. The zero-order valence-corrected chi connectivity index (χ0v) is 20.5. The molecule has 0 saturated heterocycles. The van der Waals surface area contributed by atoms with Gasteiger partial charge >= 0.3 is 18.3 Å². The second-order valence-corrected chi connectivity index (χ2v) is 10.3. The number of halogens is 6. The van der Waals surface area contributed by atoms with E-state index in [9.17, 15) is 36.2 Å². The quantitative estimate of drug-likeness (QED) is 0.376. The number of fused-ring (bicyclic) bond motifs is 1. The van der Waals surface area contributed by atoms with Crippen LogP contribution in [0.15, 0.2) is 30.3 Å². The predicted molar refractivity (Wildman–Crippen MR) is 126 cm³/mol. The Kier molecular flexibility index (Phi) is 7.97. The van der Waals surface area contributed by atoms with Gasteiger partial charge in [-0.1, -0.05) is 18.2 Å². The summed E-state index contributed by atoms with van der Waals surface area (Å²) in [5.41, 5.74) is -0.264. The minimum absolute atomic E-state index is 0.0188. The van der Waals surface area contributed by atoms with Crippen molar-refractivity contribution in [2.75, 3.05) is 0 Å². The molecule has 37 heavy (non-hydrogen) atoms. The van der Waals surface area contributed by atoms with Crippen LogP contribution in [0.2, 0.25) is 0 Å². The average molecular weight is 532 g/mol. The Morgan fingerprint density at radius 3 is 2.14 bits per heavy atom. The lowest BCUT2D eigenvalue weighted by Crippen LogP contribution is -2.36. The summed E-state index contributed by atoms with van der Waals surface area (Å²) in [6.07, 6.45) is -7.49. The maximum Gasteiger partial charge on any atom is 0.420 e. The standard InChI is InChI=1S/C27H31F6NO3/c1-15(34-20-9-4-17(5-10-20)25(35)36)18-3-2-16-6-13-23(24(22(16)14-18)27(31,32)33)37-21-11-7-19(8-12-21)26(28,29)30/h2-3,6,13-15,17,19-21,34H,4-5,7-12H2,1H3,(H,35,36). The molecule has 0 heterocycles. The van der Waals surface area contributed by atoms with E-state index in [2.05, 4.69) is 5.32 Å². The minimum Gasteiger partial charge on any atom is -0.490 e. The van der Waals surface area contributed by atoms with Crippen molar-refractivity contribution in [3.8, 4) is 5.75 Å². The summed E-state index contributed by atoms with van der Waals surface area (Å²) >= 11 is 0. The zero-order chi connectivity index (χ0) is 27.0. The molecule has 2 fully saturated rings. The third kappa shape index (κ3) is 6.51. The largest absolute Gasteiger partial charge is 0.490 e. The highest BCUT2D eigenvalue weighted by Gasteiger charge is 2.43. The highest BCUT2D eigenvalue weighted by Crippen LogP contribution is 2.44. The molecule has 2 aliphatic rings. The van der Waals surface area contributed by atoms with Gasteiger partial charge in [0, 0.05) is 12.1 Å². The van der Waals surface area contributed by atoms with Crippen molar-refractivity contribution in [2.45, 2.75) is 88.8 Å². The Balaban J connectivity index is 1.54. The molecule has 2 saturated carbocycles. The Morgan fingerprint density at radius 2 is 1.57 bits per heavy atom. The number of carboxylic acid groups (broad SMARTS) is 1. The van der Waals surface area contributed by atoms with Gasteiger partial charge in [-0.3, -0.25) is 4.79 Å². The van der Waals surface area contributed by atoms with Gasteiger partial charge in [0.05, 0.1) is 17.9 Å². The molecule has 2 aliphatic carbocycles. The molecule has 0 aliphatic heterocycles. The first-order chi connectivity index (χ1) is 17.3. The maximum atomic E-state index is 14.3. The number of aliphatic carboxylic acids is 1. The molecule has 0 aromatic heterocycles. The maximum absolute atomic E-state index is 14.3. The normalized spacial score (nSPS) is 26.1. The zero-order valence-electron chi connectivity index (χ0n) is 20.5. The average Bonchev–Trinajstić information content (AvgIpc) is 2.82. The first-order valence-corrected chi connectivity index (χ1v) is 12.7. The van der Waals surface area contributed by atoms with E-state index in [1.807, 2.05) is 6.92 Å². The van der Waals surface area contributed by atoms with E-state index in [4.69, 9.17) is 4.74 Å². The molecule has 0 radical (unpaired) electrons. The van der Waals surface area contributed by atoms with E-state index in [1.165, 1.54) is 18.2 Å². The molecule has 1 unspecified atom stereocenters. The van der Waals surface area contributed by atoms with Crippen LogP contribution in [0, 0.1) is 11.8 Å². The van der Waals surface area contributed by atoms with Crippen molar-refractivity contribution < 1.29 is 41.0 Å².